The predicted octanol–water partition coefficient (Wildman–Crippen LogP) is 5.40. The second-order valence-electron chi connectivity index (χ2n) is 3.70. The van der Waals surface area contributed by atoms with Crippen LogP contribution in [0, 0.1) is 5.82 Å². The van der Waals surface area contributed by atoms with Gasteiger partial charge in [0.15, 0.2) is 11.6 Å². The second kappa shape index (κ2) is 5.21. The van der Waals surface area contributed by atoms with Crippen molar-refractivity contribution in [1.82, 2.24) is 0 Å². The molecule has 0 fully saturated rings. The van der Waals surface area contributed by atoms with Crippen molar-refractivity contribution >= 4 is 15.9 Å². The third-order valence-electron chi connectivity index (χ3n) is 2.28. The predicted molar refractivity (Wildman–Crippen MR) is 65.6 cm³/mol. The summed E-state index contributed by atoms with van der Waals surface area (Å²) < 4.78 is 56.8. The summed E-state index contributed by atoms with van der Waals surface area (Å²) in [5.74, 6) is -1.08. The highest BCUT2D eigenvalue weighted by Gasteiger charge is 2.31. The zero-order valence-electron chi connectivity index (χ0n) is 9.34. The molecule has 0 saturated heterocycles. The van der Waals surface area contributed by atoms with Crippen molar-refractivity contribution in [2.45, 2.75) is 6.18 Å². The summed E-state index contributed by atoms with van der Waals surface area (Å²) >= 11 is 3.19. The first-order chi connectivity index (χ1) is 8.86. The van der Waals surface area contributed by atoms with Crippen LogP contribution in [0.4, 0.5) is 17.6 Å². The van der Waals surface area contributed by atoms with Crippen LogP contribution in [0.25, 0.3) is 0 Å². The van der Waals surface area contributed by atoms with Gasteiger partial charge in [0.1, 0.15) is 5.75 Å². The van der Waals surface area contributed by atoms with Crippen LogP contribution < -0.4 is 4.74 Å². The SMILES string of the molecule is Fc1ccc(C(F)(F)F)cc1Oc1cccc(Br)c1. The van der Waals surface area contributed by atoms with Crippen molar-refractivity contribution < 1.29 is 22.3 Å². The molecule has 1 nitrogen and oxygen atoms in total. The molecular formula is C13H7BrF4O. The summed E-state index contributed by atoms with van der Waals surface area (Å²) in [4.78, 5) is 0. The van der Waals surface area contributed by atoms with E-state index >= 15 is 0 Å². The van der Waals surface area contributed by atoms with Gasteiger partial charge in [-0.3, -0.25) is 0 Å². The van der Waals surface area contributed by atoms with E-state index in [1.165, 1.54) is 12.1 Å². The molecule has 0 aromatic heterocycles. The van der Waals surface area contributed by atoms with Gasteiger partial charge in [-0.15, -0.1) is 0 Å². The van der Waals surface area contributed by atoms with Gasteiger partial charge in [-0.2, -0.15) is 13.2 Å². The van der Waals surface area contributed by atoms with Crippen molar-refractivity contribution in [3.05, 3.63) is 58.3 Å². The van der Waals surface area contributed by atoms with E-state index in [0.717, 1.165) is 6.07 Å². The molecule has 0 aliphatic rings. The molecule has 2 aromatic carbocycles. The molecule has 100 valence electrons. The third kappa shape index (κ3) is 3.47. The Balaban J connectivity index is 2.34. The molecule has 0 unspecified atom stereocenters. The molecule has 0 saturated carbocycles. The van der Waals surface area contributed by atoms with E-state index in [-0.39, 0.29) is 5.75 Å². The van der Waals surface area contributed by atoms with Crippen LogP contribution in [-0.2, 0) is 6.18 Å². The molecule has 2 aromatic rings. The first kappa shape index (κ1) is 13.9. The minimum Gasteiger partial charge on any atom is -0.454 e. The van der Waals surface area contributed by atoms with E-state index in [1.807, 2.05) is 0 Å². The molecule has 0 aliphatic carbocycles. The largest absolute Gasteiger partial charge is 0.454 e. The first-order valence-electron chi connectivity index (χ1n) is 5.16. The number of alkyl halides is 3. The number of hydrogen-bond acceptors (Lipinski definition) is 1. The van der Waals surface area contributed by atoms with E-state index in [0.29, 0.717) is 16.6 Å². The Kier molecular flexibility index (Phi) is 3.80. The molecule has 19 heavy (non-hydrogen) atoms. The molecule has 2 rings (SSSR count). The van der Waals surface area contributed by atoms with E-state index in [4.69, 9.17) is 4.74 Å². The zero-order chi connectivity index (χ0) is 14.0. The van der Waals surface area contributed by atoms with E-state index < -0.39 is 23.3 Å². The highest BCUT2D eigenvalue weighted by molar-refractivity contribution is 9.10. The quantitative estimate of drug-likeness (QED) is 0.668. The average Bonchev–Trinajstić information content (AvgIpc) is 2.30. The third-order valence-corrected chi connectivity index (χ3v) is 2.78. The Labute approximate surface area is 114 Å². The molecule has 0 atom stereocenters. The minimum absolute atomic E-state index is 0.243. The van der Waals surface area contributed by atoms with Crippen molar-refractivity contribution in [3.63, 3.8) is 0 Å². The van der Waals surface area contributed by atoms with Crippen LogP contribution in [0.1, 0.15) is 5.56 Å². The fraction of sp³-hybridized carbons (Fsp3) is 0.0769. The Hall–Kier alpha value is -1.56. The average molecular weight is 335 g/mol. The second-order valence-corrected chi connectivity index (χ2v) is 4.62. The van der Waals surface area contributed by atoms with Gasteiger partial charge in [0.25, 0.3) is 0 Å². The summed E-state index contributed by atoms with van der Waals surface area (Å²) in [6.45, 7) is 0. The first-order valence-corrected chi connectivity index (χ1v) is 5.96. The topological polar surface area (TPSA) is 9.23 Å². The number of hydrogen-bond donors (Lipinski definition) is 0. The number of benzene rings is 2. The van der Waals surface area contributed by atoms with Gasteiger partial charge in [0, 0.05) is 4.47 Å². The molecule has 0 radical (unpaired) electrons. The van der Waals surface area contributed by atoms with E-state index in [1.54, 1.807) is 12.1 Å². The number of ether oxygens (including phenoxy) is 1. The van der Waals surface area contributed by atoms with Crippen LogP contribution in [0.2, 0.25) is 0 Å². The lowest BCUT2D eigenvalue weighted by Gasteiger charge is -2.11. The summed E-state index contributed by atoms with van der Waals surface area (Å²) in [7, 11) is 0. The van der Waals surface area contributed by atoms with Crippen molar-refractivity contribution in [2.75, 3.05) is 0 Å². The molecule has 0 N–H and O–H groups in total. The molecule has 0 bridgehead atoms. The molecular weight excluding hydrogens is 328 g/mol. The van der Waals surface area contributed by atoms with Crippen LogP contribution >= 0.6 is 15.9 Å². The maximum Gasteiger partial charge on any atom is 0.416 e. The lowest BCUT2D eigenvalue weighted by atomic mass is 10.2. The molecule has 6 heteroatoms. The maximum atomic E-state index is 13.4. The van der Waals surface area contributed by atoms with Gasteiger partial charge in [-0.05, 0) is 36.4 Å². The fourth-order valence-electron chi connectivity index (χ4n) is 1.42. The summed E-state index contributed by atoms with van der Waals surface area (Å²) in [6.07, 6.45) is -4.54. The Bertz CT molecular complexity index is 595. The van der Waals surface area contributed by atoms with Crippen molar-refractivity contribution in [2.24, 2.45) is 0 Å². The molecule has 0 spiro atoms. The lowest BCUT2D eigenvalue weighted by Crippen LogP contribution is -2.05. The normalized spacial score (nSPS) is 11.4. The number of rotatable bonds is 2. The highest BCUT2D eigenvalue weighted by atomic mass is 79.9. The monoisotopic (exact) mass is 334 g/mol. The van der Waals surface area contributed by atoms with Gasteiger partial charge >= 0.3 is 6.18 Å². The highest BCUT2D eigenvalue weighted by Crippen LogP contribution is 2.34. The molecule has 0 amide bonds. The summed E-state index contributed by atoms with van der Waals surface area (Å²) in [5, 5.41) is 0. The Morgan fingerprint density at radius 3 is 2.37 bits per heavy atom. The van der Waals surface area contributed by atoms with Gasteiger partial charge < -0.3 is 4.74 Å². The van der Waals surface area contributed by atoms with Gasteiger partial charge in [0.2, 0.25) is 0 Å². The lowest BCUT2D eigenvalue weighted by molar-refractivity contribution is -0.137. The molecule has 0 aliphatic heterocycles. The molecule has 0 heterocycles. The van der Waals surface area contributed by atoms with Gasteiger partial charge in [-0.25, -0.2) is 4.39 Å². The van der Waals surface area contributed by atoms with Crippen LogP contribution in [0.3, 0.4) is 0 Å². The number of halogens is 5. The standard InChI is InChI=1S/C13H7BrF4O/c14-9-2-1-3-10(7-9)19-12-6-8(13(16,17)18)4-5-11(12)15/h1-7H. The van der Waals surface area contributed by atoms with Crippen molar-refractivity contribution in [3.8, 4) is 11.5 Å². The van der Waals surface area contributed by atoms with Crippen LogP contribution in [-0.4, -0.2) is 0 Å². The summed E-state index contributed by atoms with van der Waals surface area (Å²) in [6, 6.07) is 8.43. The zero-order valence-corrected chi connectivity index (χ0v) is 10.9. The smallest absolute Gasteiger partial charge is 0.416 e. The van der Waals surface area contributed by atoms with Crippen LogP contribution in [0.5, 0.6) is 11.5 Å². The minimum atomic E-state index is -4.54. The summed E-state index contributed by atoms with van der Waals surface area (Å²) in [5.41, 5.74) is -0.959. The van der Waals surface area contributed by atoms with Gasteiger partial charge in [-0.1, -0.05) is 22.0 Å². The van der Waals surface area contributed by atoms with Gasteiger partial charge in [0.05, 0.1) is 5.56 Å². The maximum absolute atomic E-state index is 13.4. The van der Waals surface area contributed by atoms with E-state index in [9.17, 15) is 17.6 Å². The van der Waals surface area contributed by atoms with Crippen molar-refractivity contribution in [1.29, 1.82) is 0 Å². The Morgan fingerprint density at radius 1 is 1.00 bits per heavy atom. The van der Waals surface area contributed by atoms with Crippen LogP contribution in [0.15, 0.2) is 46.9 Å². The Morgan fingerprint density at radius 2 is 1.74 bits per heavy atom. The van der Waals surface area contributed by atoms with E-state index in [2.05, 4.69) is 15.9 Å². The fourth-order valence-corrected chi connectivity index (χ4v) is 1.79.